The smallest absolute Gasteiger partial charge is 0.277 e. The lowest BCUT2D eigenvalue weighted by atomic mass is 10.1. The number of aromatic nitrogens is 2. The molecule has 4 aromatic rings. The van der Waals surface area contributed by atoms with Crippen LogP contribution in [0.25, 0.3) is 16.9 Å². The zero-order valence-electron chi connectivity index (χ0n) is 16.0. The van der Waals surface area contributed by atoms with Crippen molar-refractivity contribution in [3.8, 4) is 16.9 Å². The van der Waals surface area contributed by atoms with Crippen molar-refractivity contribution in [2.75, 3.05) is 5.43 Å². The lowest BCUT2D eigenvalue weighted by molar-refractivity contribution is -0.137. The largest absolute Gasteiger partial charge is 0.416 e. The van der Waals surface area contributed by atoms with Gasteiger partial charge in [-0.05, 0) is 30.3 Å². The van der Waals surface area contributed by atoms with E-state index in [1.807, 2.05) is 60.7 Å². The third kappa shape index (κ3) is 4.78. The summed E-state index contributed by atoms with van der Waals surface area (Å²) in [5, 5.41) is 8.90. The van der Waals surface area contributed by atoms with Gasteiger partial charge in [-0.2, -0.15) is 23.4 Å². The van der Waals surface area contributed by atoms with Crippen molar-refractivity contribution in [1.29, 1.82) is 0 Å². The first-order valence-corrected chi connectivity index (χ1v) is 9.66. The molecule has 0 saturated carbocycles. The predicted octanol–water partition coefficient (Wildman–Crippen LogP) is 6.66. The maximum absolute atomic E-state index is 13.0. The fraction of sp³-hybridized carbons (Fsp3) is 0.0435. The first-order valence-electron chi connectivity index (χ1n) is 9.28. The van der Waals surface area contributed by atoms with Gasteiger partial charge in [0.25, 0.3) is 0 Å². The number of nitrogens with one attached hydrogen (secondary N) is 1. The molecule has 0 unspecified atom stereocenters. The minimum atomic E-state index is -4.47. The number of hydrogen-bond acceptors (Lipinski definition) is 3. The van der Waals surface area contributed by atoms with Crippen LogP contribution in [0.3, 0.4) is 0 Å². The van der Waals surface area contributed by atoms with Gasteiger partial charge in [0.2, 0.25) is 0 Å². The van der Waals surface area contributed by atoms with Crippen molar-refractivity contribution in [2.45, 2.75) is 6.18 Å². The zero-order chi connectivity index (χ0) is 21.8. The molecule has 1 N–H and O–H groups in total. The molecule has 0 radical (unpaired) electrons. The van der Waals surface area contributed by atoms with E-state index in [-0.39, 0.29) is 10.7 Å². The molecule has 0 aliphatic carbocycles. The van der Waals surface area contributed by atoms with Crippen LogP contribution >= 0.6 is 11.6 Å². The number of hydrazone groups is 1. The van der Waals surface area contributed by atoms with Crippen LogP contribution < -0.4 is 5.43 Å². The molecule has 0 aliphatic heterocycles. The van der Waals surface area contributed by atoms with Gasteiger partial charge in [0, 0.05) is 17.3 Å². The van der Waals surface area contributed by atoms with Crippen molar-refractivity contribution in [1.82, 2.24) is 9.78 Å². The molecule has 0 spiro atoms. The van der Waals surface area contributed by atoms with E-state index < -0.39 is 11.7 Å². The molecular weight excluding hydrogens is 425 g/mol. The number of benzene rings is 3. The zero-order valence-corrected chi connectivity index (χ0v) is 16.8. The summed E-state index contributed by atoms with van der Waals surface area (Å²) >= 11 is 6.02. The van der Waals surface area contributed by atoms with Crippen LogP contribution in [0.4, 0.5) is 18.9 Å². The molecule has 0 fully saturated rings. The van der Waals surface area contributed by atoms with Gasteiger partial charge in [-0.15, -0.1) is 0 Å². The summed E-state index contributed by atoms with van der Waals surface area (Å²) in [5.41, 5.74) is 4.98. The Morgan fingerprint density at radius 1 is 0.935 bits per heavy atom. The number of hydrogen-bond donors (Lipinski definition) is 1. The highest BCUT2D eigenvalue weighted by Crippen LogP contribution is 2.33. The predicted molar refractivity (Wildman–Crippen MR) is 117 cm³/mol. The van der Waals surface area contributed by atoms with Crippen molar-refractivity contribution in [3.05, 3.63) is 101 Å². The van der Waals surface area contributed by atoms with Crippen molar-refractivity contribution in [3.63, 3.8) is 0 Å². The average molecular weight is 441 g/mol. The Bertz CT molecular complexity index is 1200. The molecule has 0 aliphatic rings. The summed E-state index contributed by atoms with van der Waals surface area (Å²) in [5.74, 6) is 0. The molecule has 4 rings (SSSR count). The van der Waals surface area contributed by atoms with Crippen molar-refractivity contribution < 1.29 is 13.2 Å². The van der Waals surface area contributed by atoms with Gasteiger partial charge >= 0.3 is 6.18 Å². The standard InChI is InChI=1S/C23H16ClF3N4/c24-20-12-11-18(23(25,26)27)13-21(20)29-28-14-17-15-31(19-9-5-2-6-10-19)30-22(17)16-7-3-1-4-8-16/h1-15,29H. The van der Waals surface area contributed by atoms with E-state index in [1.165, 1.54) is 12.3 Å². The quantitative estimate of drug-likeness (QED) is 0.278. The molecule has 0 bridgehead atoms. The SMILES string of the molecule is FC(F)(F)c1ccc(Cl)c(NN=Cc2cn(-c3ccccc3)nc2-c2ccccc2)c1. The Kier molecular flexibility index (Phi) is 5.77. The third-order valence-corrected chi connectivity index (χ3v) is 4.82. The summed E-state index contributed by atoms with van der Waals surface area (Å²) in [6.07, 6.45) is -1.16. The van der Waals surface area contributed by atoms with Crippen molar-refractivity contribution in [2.24, 2.45) is 5.10 Å². The maximum atomic E-state index is 13.0. The molecule has 8 heteroatoms. The van der Waals surface area contributed by atoms with E-state index in [2.05, 4.69) is 15.6 Å². The van der Waals surface area contributed by atoms with Gasteiger partial charge in [-0.1, -0.05) is 60.1 Å². The van der Waals surface area contributed by atoms with Crippen LogP contribution in [-0.4, -0.2) is 16.0 Å². The van der Waals surface area contributed by atoms with Gasteiger partial charge < -0.3 is 0 Å². The molecule has 31 heavy (non-hydrogen) atoms. The minimum Gasteiger partial charge on any atom is -0.277 e. The molecule has 4 nitrogen and oxygen atoms in total. The van der Waals surface area contributed by atoms with Crippen LogP contribution in [0, 0.1) is 0 Å². The first-order chi connectivity index (χ1) is 14.9. The second-order valence-corrected chi connectivity index (χ2v) is 7.05. The van der Waals surface area contributed by atoms with Crippen LogP contribution in [0.5, 0.6) is 0 Å². The Morgan fingerprint density at radius 3 is 2.29 bits per heavy atom. The molecule has 0 atom stereocenters. The van der Waals surface area contributed by atoms with E-state index in [0.29, 0.717) is 11.3 Å². The van der Waals surface area contributed by atoms with Crippen LogP contribution in [0.1, 0.15) is 11.1 Å². The number of para-hydroxylation sites is 1. The van der Waals surface area contributed by atoms with Gasteiger partial charge in [0.15, 0.2) is 0 Å². The van der Waals surface area contributed by atoms with E-state index in [4.69, 9.17) is 11.6 Å². The second kappa shape index (κ2) is 8.65. The Balaban J connectivity index is 1.67. The number of rotatable bonds is 5. The van der Waals surface area contributed by atoms with Gasteiger partial charge in [-0.3, -0.25) is 5.43 Å². The fourth-order valence-corrected chi connectivity index (χ4v) is 3.13. The molecule has 156 valence electrons. The first kappa shape index (κ1) is 20.7. The highest BCUT2D eigenvalue weighted by Gasteiger charge is 2.30. The van der Waals surface area contributed by atoms with Gasteiger partial charge in [0.05, 0.1) is 28.2 Å². The second-order valence-electron chi connectivity index (χ2n) is 6.64. The Morgan fingerprint density at radius 2 is 1.61 bits per heavy atom. The summed E-state index contributed by atoms with van der Waals surface area (Å²) in [6, 6.07) is 22.2. The molecule has 1 aromatic heterocycles. The highest BCUT2D eigenvalue weighted by atomic mass is 35.5. The maximum Gasteiger partial charge on any atom is 0.416 e. The number of nitrogens with zero attached hydrogens (tertiary/aromatic N) is 3. The van der Waals surface area contributed by atoms with E-state index in [0.717, 1.165) is 23.4 Å². The Hall–Kier alpha value is -3.58. The summed E-state index contributed by atoms with van der Waals surface area (Å²) < 4.78 is 40.6. The van der Waals surface area contributed by atoms with Gasteiger partial charge in [-0.25, -0.2) is 4.68 Å². The summed E-state index contributed by atoms with van der Waals surface area (Å²) in [6.45, 7) is 0. The summed E-state index contributed by atoms with van der Waals surface area (Å²) in [7, 11) is 0. The van der Waals surface area contributed by atoms with E-state index in [1.54, 1.807) is 10.9 Å². The lowest BCUT2D eigenvalue weighted by Crippen LogP contribution is -2.05. The lowest BCUT2D eigenvalue weighted by Gasteiger charge is -2.09. The molecular formula is C23H16ClF3N4. The van der Waals surface area contributed by atoms with E-state index in [9.17, 15) is 13.2 Å². The van der Waals surface area contributed by atoms with Crippen molar-refractivity contribution >= 4 is 23.5 Å². The van der Waals surface area contributed by atoms with Crippen LogP contribution in [0.2, 0.25) is 5.02 Å². The molecule has 1 heterocycles. The Labute approximate surface area is 181 Å². The number of anilines is 1. The normalized spacial score (nSPS) is 11.7. The topological polar surface area (TPSA) is 42.2 Å². The average Bonchev–Trinajstić information content (AvgIpc) is 3.20. The summed E-state index contributed by atoms with van der Waals surface area (Å²) in [4.78, 5) is 0. The monoisotopic (exact) mass is 440 g/mol. The highest BCUT2D eigenvalue weighted by molar-refractivity contribution is 6.33. The molecule has 0 amide bonds. The van der Waals surface area contributed by atoms with Gasteiger partial charge in [0.1, 0.15) is 5.69 Å². The molecule has 0 saturated heterocycles. The number of halogens is 4. The van der Waals surface area contributed by atoms with Crippen LogP contribution in [0.15, 0.2) is 90.2 Å². The number of alkyl halides is 3. The van der Waals surface area contributed by atoms with E-state index >= 15 is 0 Å². The minimum absolute atomic E-state index is 0.0597. The molecule has 3 aromatic carbocycles. The third-order valence-electron chi connectivity index (χ3n) is 4.49. The fourth-order valence-electron chi connectivity index (χ4n) is 2.97. The van der Waals surface area contributed by atoms with Crippen LogP contribution in [-0.2, 0) is 6.18 Å².